The molecule has 0 saturated carbocycles. The zero-order valence-corrected chi connectivity index (χ0v) is 10.8. The van der Waals surface area contributed by atoms with Crippen LogP contribution in [-0.4, -0.2) is 10.9 Å². The average molecular weight is 269 g/mol. The van der Waals surface area contributed by atoms with E-state index >= 15 is 0 Å². The highest BCUT2D eigenvalue weighted by atomic mass is 32.1. The molecule has 2 heterocycles. The zero-order valence-electron chi connectivity index (χ0n) is 9.96. The number of thiophene rings is 1. The standard InChI is InChI=1S/C14H11N3OS/c15-10-6-11(8-16-7-10)17-14(18)13-5-9-3-1-2-4-12(9)19-13/h1-8H,15H2,(H,17,18). The normalized spacial score (nSPS) is 10.5. The molecule has 0 aliphatic rings. The van der Waals surface area contributed by atoms with Crippen LogP contribution in [0.25, 0.3) is 10.1 Å². The summed E-state index contributed by atoms with van der Waals surface area (Å²) in [6.45, 7) is 0. The summed E-state index contributed by atoms with van der Waals surface area (Å²) >= 11 is 1.47. The summed E-state index contributed by atoms with van der Waals surface area (Å²) in [5.41, 5.74) is 6.74. The van der Waals surface area contributed by atoms with Crippen LogP contribution in [0.2, 0.25) is 0 Å². The minimum Gasteiger partial charge on any atom is -0.397 e. The fourth-order valence-corrected chi connectivity index (χ4v) is 2.77. The third-order valence-electron chi connectivity index (χ3n) is 2.67. The van der Waals surface area contributed by atoms with Crippen molar-refractivity contribution in [2.45, 2.75) is 0 Å². The lowest BCUT2D eigenvalue weighted by Crippen LogP contribution is -2.10. The molecule has 0 aliphatic carbocycles. The topological polar surface area (TPSA) is 68.0 Å². The van der Waals surface area contributed by atoms with E-state index in [1.807, 2.05) is 30.3 Å². The Morgan fingerprint density at radius 3 is 2.84 bits per heavy atom. The molecule has 0 radical (unpaired) electrons. The lowest BCUT2D eigenvalue weighted by molar-refractivity contribution is 0.103. The molecule has 94 valence electrons. The smallest absolute Gasteiger partial charge is 0.265 e. The number of fused-ring (bicyclic) bond motifs is 1. The van der Waals surface area contributed by atoms with E-state index in [-0.39, 0.29) is 5.91 Å². The number of nitrogens with one attached hydrogen (secondary N) is 1. The van der Waals surface area contributed by atoms with Gasteiger partial charge in [-0.15, -0.1) is 11.3 Å². The van der Waals surface area contributed by atoms with Crippen LogP contribution in [0, 0.1) is 0 Å². The van der Waals surface area contributed by atoms with E-state index in [1.165, 1.54) is 17.5 Å². The highest BCUT2D eigenvalue weighted by Crippen LogP contribution is 2.26. The van der Waals surface area contributed by atoms with Gasteiger partial charge in [-0.2, -0.15) is 0 Å². The molecule has 5 heteroatoms. The van der Waals surface area contributed by atoms with Crippen molar-refractivity contribution >= 4 is 38.7 Å². The SMILES string of the molecule is Nc1cncc(NC(=O)c2cc3ccccc3s2)c1. The second-order valence-corrected chi connectivity index (χ2v) is 5.19. The molecule has 4 nitrogen and oxygen atoms in total. The number of nitrogens with two attached hydrogens (primary N) is 1. The first-order valence-electron chi connectivity index (χ1n) is 5.73. The highest BCUT2D eigenvalue weighted by molar-refractivity contribution is 7.20. The quantitative estimate of drug-likeness (QED) is 0.751. The third-order valence-corrected chi connectivity index (χ3v) is 3.78. The molecule has 1 amide bonds. The second-order valence-electron chi connectivity index (χ2n) is 4.11. The number of nitrogens with zero attached hydrogens (tertiary/aromatic N) is 1. The Labute approximate surface area is 113 Å². The first kappa shape index (κ1) is 11.7. The van der Waals surface area contributed by atoms with Crippen molar-refractivity contribution in [3.63, 3.8) is 0 Å². The molecule has 3 aromatic rings. The van der Waals surface area contributed by atoms with Crippen molar-refractivity contribution in [2.24, 2.45) is 0 Å². The van der Waals surface area contributed by atoms with Gasteiger partial charge < -0.3 is 11.1 Å². The van der Waals surface area contributed by atoms with Crippen LogP contribution in [0.1, 0.15) is 9.67 Å². The Morgan fingerprint density at radius 1 is 1.21 bits per heavy atom. The Bertz CT molecular complexity index is 718. The summed E-state index contributed by atoms with van der Waals surface area (Å²) in [5, 5.41) is 3.86. The molecule has 19 heavy (non-hydrogen) atoms. The number of rotatable bonds is 2. The molecule has 3 N–H and O–H groups in total. The molecule has 0 spiro atoms. The van der Waals surface area contributed by atoms with E-state index < -0.39 is 0 Å². The summed E-state index contributed by atoms with van der Waals surface area (Å²) in [5.74, 6) is -0.145. The highest BCUT2D eigenvalue weighted by Gasteiger charge is 2.10. The average Bonchev–Trinajstić information content (AvgIpc) is 2.82. The molecule has 1 aromatic carbocycles. The van der Waals surface area contributed by atoms with E-state index in [9.17, 15) is 4.79 Å². The zero-order chi connectivity index (χ0) is 13.2. The number of pyridine rings is 1. The number of hydrogen-bond acceptors (Lipinski definition) is 4. The van der Waals surface area contributed by atoms with Crippen LogP contribution in [-0.2, 0) is 0 Å². The molecular formula is C14H11N3OS. The number of nitrogen functional groups attached to an aromatic ring is 1. The van der Waals surface area contributed by atoms with Crippen molar-refractivity contribution in [1.82, 2.24) is 4.98 Å². The van der Waals surface area contributed by atoms with E-state index in [4.69, 9.17) is 5.73 Å². The van der Waals surface area contributed by atoms with Crippen LogP contribution < -0.4 is 11.1 Å². The van der Waals surface area contributed by atoms with Gasteiger partial charge in [0.2, 0.25) is 0 Å². The van der Waals surface area contributed by atoms with Gasteiger partial charge in [0, 0.05) is 10.9 Å². The van der Waals surface area contributed by atoms with Crippen molar-refractivity contribution in [2.75, 3.05) is 11.1 Å². The second kappa shape index (κ2) is 4.70. The van der Waals surface area contributed by atoms with E-state index in [0.29, 0.717) is 16.3 Å². The van der Waals surface area contributed by atoms with E-state index in [0.717, 1.165) is 10.1 Å². The maximum absolute atomic E-state index is 12.1. The van der Waals surface area contributed by atoms with Crippen molar-refractivity contribution < 1.29 is 4.79 Å². The number of hydrogen-bond donors (Lipinski definition) is 2. The molecular weight excluding hydrogens is 258 g/mol. The van der Waals surface area contributed by atoms with Gasteiger partial charge >= 0.3 is 0 Å². The monoisotopic (exact) mass is 269 g/mol. The molecule has 0 fully saturated rings. The Kier molecular flexibility index (Phi) is 2.89. The third kappa shape index (κ3) is 2.41. The minimum absolute atomic E-state index is 0.145. The van der Waals surface area contributed by atoms with Gasteiger partial charge in [-0.25, -0.2) is 0 Å². The van der Waals surface area contributed by atoms with Gasteiger partial charge in [-0.3, -0.25) is 9.78 Å². The lowest BCUT2D eigenvalue weighted by Gasteiger charge is -2.03. The largest absolute Gasteiger partial charge is 0.397 e. The first-order valence-corrected chi connectivity index (χ1v) is 6.54. The van der Waals surface area contributed by atoms with Crippen LogP contribution in [0.4, 0.5) is 11.4 Å². The van der Waals surface area contributed by atoms with Gasteiger partial charge in [0.1, 0.15) is 0 Å². The fourth-order valence-electron chi connectivity index (χ4n) is 1.81. The molecule has 0 saturated heterocycles. The molecule has 0 aliphatic heterocycles. The van der Waals surface area contributed by atoms with Crippen molar-refractivity contribution in [1.29, 1.82) is 0 Å². The number of amides is 1. The Balaban J connectivity index is 1.87. The maximum Gasteiger partial charge on any atom is 0.265 e. The maximum atomic E-state index is 12.1. The summed E-state index contributed by atoms with van der Waals surface area (Å²) in [7, 11) is 0. The Hall–Kier alpha value is -2.40. The van der Waals surface area contributed by atoms with E-state index in [1.54, 1.807) is 12.3 Å². The summed E-state index contributed by atoms with van der Waals surface area (Å²) in [6, 6.07) is 11.5. The van der Waals surface area contributed by atoms with Gasteiger partial charge in [-0.05, 0) is 23.6 Å². The predicted octanol–water partition coefficient (Wildman–Crippen LogP) is 3.13. The first-order chi connectivity index (χ1) is 9.22. The number of benzene rings is 1. The summed E-state index contributed by atoms with van der Waals surface area (Å²) in [4.78, 5) is 16.7. The Morgan fingerprint density at radius 2 is 2.05 bits per heavy atom. The van der Waals surface area contributed by atoms with Crippen molar-refractivity contribution in [3.8, 4) is 0 Å². The van der Waals surface area contributed by atoms with Crippen LogP contribution in [0.15, 0.2) is 48.8 Å². The van der Waals surface area contributed by atoms with Crippen LogP contribution in [0.5, 0.6) is 0 Å². The van der Waals surface area contributed by atoms with Gasteiger partial charge in [-0.1, -0.05) is 18.2 Å². The number of aromatic nitrogens is 1. The van der Waals surface area contributed by atoms with Crippen molar-refractivity contribution in [3.05, 3.63) is 53.7 Å². The fraction of sp³-hybridized carbons (Fsp3) is 0. The number of anilines is 2. The molecule has 3 rings (SSSR count). The van der Waals surface area contributed by atoms with Gasteiger partial charge in [0.15, 0.2) is 0 Å². The molecule has 2 aromatic heterocycles. The molecule has 0 unspecified atom stereocenters. The van der Waals surface area contributed by atoms with E-state index in [2.05, 4.69) is 10.3 Å². The molecule has 0 bridgehead atoms. The number of carbonyl (C=O) groups is 1. The number of carbonyl (C=O) groups excluding carboxylic acids is 1. The lowest BCUT2D eigenvalue weighted by atomic mass is 10.2. The van der Waals surface area contributed by atoms with Gasteiger partial charge in [0.25, 0.3) is 5.91 Å². The minimum atomic E-state index is -0.145. The van der Waals surface area contributed by atoms with Crippen LogP contribution in [0.3, 0.4) is 0 Å². The molecule has 0 atom stereocenters. The van der Waals surface area contributed by atoms with Crippen LogP contribution >= 0.6 is 11.3 Å². The predicted molar refractivity (Wildman–Crippen MR) is 78.4 cm³/mol. The summed E-state index contributed by atoms with van der Waals surface area (Å²) in [6.07, 6.45) is 3.11. The summed E-state index contributed by atoms with van der Waals surface area (Å²) < 4.78 is 1.10. The van der Waals surface area contributed by atoms with Gasteiger partial charge in [0.05, 0.1) is 22.4 Å².